The number of carboxylic acid groups (broad SMARTS) is 1. The van der Waals surface area contributed by atoms with Crippen LogP contribution in [-0.4, -0.2) is 23.3 Å². The van der Waals surface area contributed by atoms with Crippen LogP contribution in [0.2, 0.25) is 0 Å². The van der Waals surface area contributed by atoms with Gasteiger partial charge in [0.15, 0.2) is 0 Å². The molecule has 26 heavy (non-hydrogen) atoms. The molecule has 0 aromatic carbocycles. The molecule has 0 amide bonds. The van der Waals surface area contributed by atoms with E-state index in [1.165, 1.54) is 76.2 Å². The molecular formula is C23H40O3. The molecular weight excluding hydrogens is 324 g/mol. The van der Waals surface area contributed by atoms with E-state index >= 15 is 0 Å². The van der Waals surface area contributed by atoms with Crippen molar-refractivity contribution in [3.8, 4) is 0 Å². The van der Waals surface area contributed by atoms with E-state index in [-0.39, 0.29) is 24.0 Å². The lowest BCUT2D eigenvalue weighted by Gasteiger charge is -2.30. The van der Waals surface area contributed by atoms with Crippen molar-refractivity contribution in [2.45, 2.75) is 122 Å². The van der Waals surface area contributed by atoms with Crippen molar-refractivity contribution in [1.29, 1.82) is 0 Å². The molecule has 3 heteroatoms. The fourth-order valence-electron chi connectivity index (χ4n) is 4.49. The Morgan fingerprint density at radius 1 is 1.08 bits per heavy atom. The molecule has 0 aromatic rings. The highest BCUT2D eigenvalue weighted by atomic mass is 16.6. The van der Waals surface area contributed by atoms with Crippen LogP contribution in [0.4, 0.5) is 0 Å². The number of epoxide rings is 1. The third-order valence-electron chi connectivity index (χ3n) is 6.30. The smallest absolute Gasteiger partial charge is 0.303 e. The zero-order valence-electron chi connectivity index (χ0n) is 17.1. The quantitative estimate of drug-likeness (QED) is 0.213. The maximum atomic E-state index is 11.0. The summed E-state index contributed by atoms with van der Waals surface area (Å²) in [4.78, 5) is 11.0. The number of hydrogen-bond donors (Lipinski definition) is 1. The molecule has 0 spiro atoms. The van der Waals surface area contributed by atoms with Crippen LogP contribution in [0.15, 0.2) is 11.6 Å². The molecule has 1 heterocycles. The number of allylic oxidation sites excluding steroid dienone is 1. The number of aliphatic carboxylic acids is 1. The second kappa shape index (κ2) is 11.1. The van der Waals surface area contributed by atoms with Crippen LogP contribution >= 0.6 is 0 Å². The lowest BCUT2D eigenvalue weighted by molar-refractivity contribution is -0.140. The predicted octanol–water partition coefficient (Wildman–Crippen LogP) is 6.66. The van der Waals surface area contributed by atoms with Crippen LogP contribution in [0.5, 0.6) is 0 Å². The Hall–Kier alpha value is -0.830. The first kappa shape index (κ1) is 21.5. The van der Waals surface area contributed by atoms with Crippen LogP contribution in [0.1, 0.15) is 110 Å². The maximum Gasteiger partial charge on any atom is 0.303 e. The molecule has 2 rings (SSSR count). The number of carboxylic acids is 1. The maximum absolute atomic E-state index is 11.0. The molecule has 1 saturated heterocycles. The Labute approximate surface area is 160 Å². The van der Waals surface area contributed by atoms with E-state index in [0.29, 0.717) is 0 Å². The van der Waals surface area contributed by atoms with Gasteiger partial charge in [-0.2, -0.15) is 0 Å². The minimum Gasteiger partial charge on any atom is -0.481 e. The Morgan fingerprint density at radius 2 is 1.65 bits per heavy atom. The van der Waals surface area contributed by atoms with Gasteiger partial charge in [0.1, 0.15) is 6.10 Å². The molecule has 1 aliphatic carbocycles. The highest BCUT2D eigenvalue weighted by Gasteiger charge is 2.56. The normalized spacial score (nSPS) is 28.9. The third-order valence-corrected chi connectivity index (χ3v) is 6.30. The van der Waals surface area contributed by atoms with Crippen LogP contribution in [0.3, 0.4) is 0 Å². The summed E-state index contributed by atoms with van der Waals surface area (Å²) in [6.07, 6.45) is 21.4. The Balaban J connectivity index is 1.48. The van der Waals surface area contributed by atoms with Crippen LogP contribution in [0, 0.1) is 5.41 Å². The summed E-state index contributed by atoms with van der Waals surface area (Å²) in [6, 6.07) is 0. The van der Waals surface area contributed by atoms with E-state index in [9.17, 15) is 4.79 Å². The second-order valence-electron chi connectivity index (χ2n) is 8.81. The van der Waals surface area contributed by atoms with Gasteiger partial charge in [0.25, 0.3) is 0 Å². The van der Waals surface area contributed by atoms with E-state index in [4.69, 9.17) is 9.84 Å². The van der Waals surface area contributed by atoms with Gasteiger partial charge in [-0.15, -0.1) is 0 Å². The average molecular weight is 365 g/mol. The molecule has 2 aliphatic rings. The van der Waals surface area contributed by atoms with Crippen molar-refractivity contribution in [1.82, 2.24) is 0 Å². The first-order valence-corrected chi connectivity index (χ1v) is 11.1. The van der Waals surface area contributed by atoms with Gasteiger partial charge >= 0.3 is 5.97 Å². The summed E-state index contributed by atoms with van der Waals surface area (Å²) in [6.45, 7) is 4.35. The molecule has 1 aliphatic heterocycles. The zero-order valence-corrected chi connectivity index (χ0v) is 17.1. The van der Waals surface area contributed by atoms with Crippen molar-refractivity contribution >= 4 is 5.97 Å². The van der Waals surface area contributed by atoms with Gasteiger partial charge in [-0.3, -0.25) is 4.79 Å². The fraction of sp³-hybridized carbons (Fsp3) is 0.870. The van der Waals surface area contributed by atoms with Gasteiger partial charge in [-0.25, -0.2) is 0 Å². The minimum atomic E-state index is -0.699. The number of fused-ring (bicyclic) bond motifs is 1. The standard InChI is InChI=1S/C23H40O3/c1-3-4-5-6-7-8-9-10-11-12-13-14-15-19-16-17-23(2,18-20(24)25)22-21(19)26-22/h15,21-22H,3-14,16-18H2,1-2H3,(H,24,25)/t21-,22?,23-/m0/s1. The molecule has 0 bridgehead atoms. The molecule has 3 atom stereocenters. The van der Waals surface area contributed by atoms with Crippen LogP contribution < -0.4 is 0 Å². The summed E-state index contributed by atoms with van der Waals surface area (Å²) in [5, 5.41) is 9.09. The minimum absolute atomic E-state index is 0.149. The Morgan fingerprint density at radius 3 is 2.23 bits per heavy atom. The summed E-state index contributed by atoms with van der Waals surface area (Å²) < 4.78 is 5.83. The number of hydrogen-bond acceptors (Lipinski definition) is 2. The molecule has 150 valence electrons. The predicted molar refractivity (Wildman–Crippen MR) is 107 cm³/mol. The van der Waals surface area contributed by atoms with E-state index in [2.05, 4.69) is 19.9 Å². The zero-order chi connectivity index (χ0) is 18.8. The fourth-order valence-corrected chi connectivity index (χ4v) is 4.49. The molecule has 0 radical (unpaired) electrons. The van der Waals surface area contributed by atoms with Gasteiger partial charge in [0.2, 0.25) is 0 Å². The van der Waals surface area contributed by atoms with Crippen molar-refractivity contribution in [2.75, 3.05) is 0 Å². The van der Waals surface area contributed by atoms with E-state index in [1.807, 2.05) is 0 Å². The molecule has 1 N–H and O–H groups in total. The summed E-state index contributed by atoms with van der Waals surface area (Å²) in [5.74, 6) is -0.699. The van der Waals surface area contributed by atoms with Crippen molar-refractivity contribution < 1.29 is 14.6 Å². The lowest BCUT2D eigenvalue weighted by atomic mass is 9.71. The number of carbonyl (C=O) groups is 1. The summed E-state index contributed by atoms with van der Waals surface area (Å²) in [5.41, 5.74) is 1.27. The van der Waals surface area contributed by atoms with Crippen molar-refractivity contribution in [2.24, 2.45) is 5.41 Å². The first-order valence-electron chi connectivity index (χ1n) is 11.1. The Kier molecular flexibility index (Phi) is 9.18. The van der Waals surface area contributed by atoms with Gasteiger partial charge in [-0.1, -0.05) is 84.1 Å². The molecule has 1 saturated carbocycles. The van der Waals surface area contributed by atoms with E-state index in [0.717, 1.165) is 19.3 Å². The van der Waals surface area contributed by atoms with Gasteiger partial charge in [0, 0.05) is 5.41 Å². The topological polar surface area (TPSA) is 49.8 Å². The average Bonchev–Trinajstić information content (AvgIpc) is 3.39. The summed E-state index contributed by atoms with van der Waals surface area (Å²) in [7, 11) is 0. The molecule has 1 unspecified atom stereocenters. The monoisotopic (exact) mass is 364 g/mol. The SMILES string of the molecule is CCCCCCCCCCCCCC=C1CC[C@@](C)(CC(=O)O)C2O[C@@H]12. The molecule has 2 fully saturated rings. The van der Waals surface area contributed by atoms with E-state index in [1.54, 1.807) is 0 Å². The Bertz CT molecular complexity index is 456. The molecule has 3 nitrogen and oxygen atoms in total. The van der Waals surface area contributed by atoms with Crippen LogP contribution in [-0.2, 0) is 9.53 Å². The highest BCUT2D eigenvalue weighted by Crippen LogP contribution is 2.53. The van der Waals surface area contributed by atoms with E-state index < -0.39 is 5.97 Å². The summed E-state index contributed by atoms with van der Waals surface area (Å²) >= 11 is 0. The van der Waals surface area contributed by atoms with Crippen LogP contribution in [0.25, 0.3) is 0 Å². The molecule has 0 aromatic heterocycles. The lowest BCUT2D eigenvalue weighted by Crippen LogP contribution is -2.32. The van der Waals surface area contributed by atoms with Crippen molar-refractivity contribution in [3.05, 3.63) is 11.6 Å². The number of ether oxygens (including phenoxy) is 1. The second-order valence-corrected chi connectivity index (χ2v) is 8.81. The first-order chi connectivity index (χ1) is 12.6. The van der Waals surface area contributed by atoms with Crippen molar-refractivity contribution in [3.63, 3.8) is 0 Å². The number of unbranched alkanes of at least 4 members (excludes halogenated alkanes) is 11. The van der Waals surface area contributed by atoms with Gasteiger partial charge in [0.05, 0.1) is 12.5 Å². The van der Waals surface area contributed by atoms with Gasteiger partial charge in [-0.05, 0) is 31.3 Å². The van der Waals surface area contributed by atoms with Gasteiger partial charge < -0.3 is 9.84 Å². The largest absolute Gasteiger partial charge is 0.481 e. The highest BCUT2D eigenvalue weighted by molar-refractivity contribution is 5.68. The number of rotatable bonds is 14. The third kappa shape index (κ3) is 7.06.